The Bertz CT molecular complexity index is 1080. The van der Waals surface area contributed by atoms with Gasteiger partial charge < -0.3 is 24.1 Å². The molecule has 2 aromatic carbocycles. The Kier molecular flexibility index (Phi) is 8.51. The molecular formula is C24H28N2O6S. The number of hydrogen-bond acceptors (Lipinski definition) is 8. The number of nitrogens with zero attached hydrogens (tertiary/aromatic N) is 2. The number of hydrogen-bond donors (Lipinski definition) is 1. The van der Waals surface area contributed by atoms with Crippen LogP contribution >= 0.6 is 11.3 Å². The van der Waals surface area contributed by atoms with E-state index >= 15 is 0 Å². The highest BCUT2D eigenvalue weighted by Crippen LogP contribution is 2.29. The molecule has 176 valence electrons. The average Bonchev–Trinajstić information content (AvgIpc) is 3.31. The first-order valence-corrected chi connectivity index (χ1v) is 11.2. The Balaban J connectivity index is 1.81. The molecule has 1 N–H and O–H groups in total. The van der Waals surface area contributed by atoms with Gasteiger partial charge >= 0.3 is 5.97 Å². The molecule has 1 heterocycles. The van der Waals surface area contributed by atoms with Crippen LogP contribution in [0.2, 0.25) is 0 Å². The molecule has 3 rings (SSSR count). The first-order chi connectivity index (χ1) is 16.0. The molecule has 0 aliphatic heterocycles. The van der Waals surface area contributed by atoms with E-state index in [1.165, 1.54) is 11.3 Å². The van der Waals surface area contributed by atoms with Gasteiger partial charge in [-0.1, -0.05) is 12.1 Å². The van der Waals surface area contributed by atoms with Gasteiger partial charge in [-0.2, -0.15) is 0 Å². The monoisotopic (exact) mass is 472 g/mol. The Morgan fingerprint density at radius 1 is 0.939 bits per heavy atom. The van der Waals surface area contributed by atoms with Gasteiger partial charge in [0.2, 0.25) is 0 Å². The van der Waals surface area contributed by atoms with Crippen molar-refractivity contribution in [3.8, 4) is 23.0 Å². The van der Waals surface area contributed by atoms with Crippen molar-refractivity contribution in [2.75, 3.05) is 35.0 Å². The van der Waals surface area contributed by atoms with Gasteiger partial charge in [-0.05, 0) is 30.2 Å². The lowest BCUT2D eigenvalue weighted by atomic mass is 10.1. The number of carboxylic acids is 1. The summed E-state index contributed by atoms with van der Waals surface area (Å²) in [6, 6.07) is 11.6. The maximum atomic E-state index is 11.2. The number of benzene rings is 2. The predicted molar refractivity (Wildman–Crippen MR) is 126 cm³/mol. The minimum atomic E-state index is -1.02. The van der Waals surface area contributed by atoms with Crippen LogP contribution in [0.1, 0.15) is 26.6 Å². The van der Waals surface area contributed by atoms with Gasteiger partial charge in [-0.15, -0.1) is 11.3 Å². The van der Waals surface area contributed by atoms with Crippen LogP contribution < -0.4 is 18.9 Å². The number of aromatic nitrogens is 1. The Hall–Kier alpha value is -3.30. The van der Waals surface area contributed by atoms with Crippen molar-refractivity contribution in [1.29, 1.82) is 0 Å². The van der Waals surface area contributed by atoms with E-state index in [0.717, 1.165) is 34.1 Å². The second-order valence-corrected chi connectivity index (χ2v) is 8.20. The molecule has 0 saturated heterocycles. The summed E-state index contributed by atoms with van der Waals surface area (Å²) in [6.45, 7) is 1.83. The summed E-state index contributed by atoms with van der Waals surface area (Å²) in [5.41, 5.74) is 2.17. The second-order valence-electron chi connectivity index (χ2n) is 7.26. The molecule has 0 radical (unpaired) electrons. The number of thiazole rings is 1. The topological polar surface area (TPSA) is 90.4 Å². The lowest BCUT2D eigenvalue weighted by Gasteiger charge is -2.23. The number of methoxy groups -OCH3 is 4. The summed E-state index contributed by atoms with van der Waals surface area (Å²) in [6.07, 6.45) is 0.760. The zero-order chi connectivity index (χ0) is 23.8. The van der Waals surface area contributed by atoms with Crippen LogP contribution in [-0.2, 0) is 19.5 Å². The van der Waals surface area contributed by atoms with Crippen molar-refractivity contribution in [2.24, 2.45) is 0 Å². The molecule has 0 saturated carbocycles. The van der Waals surface area contributed by atoms with E-state index in [-0.39, 0.29) is 5.69 Å². The van der Waals surface area contributed by atoms with E-state index < -0.39 is 5.97 Å². The number of rotatable bonds is 12. The molecule has 3 aromatic rings. The SMILES string of the molecule is COc1ccc(CN(CCc2ccc(OC)c(OC)c2)Cc2nc(C(=O)O)cs2)c(OC)c1. The Morgan fingerprint density at radius 2 is 1.70 bits per heavy atom. The van der Waals surface area contributed by atoms with Gasteiger partial charge in [0.1, 0.15) is 16.5 Å². The van der Waals surface area contributed by atoms with Crippen molar-refractivity contribution in [3.05, 3.63) is 63.6 Å². The predicted octanol–water partition coefficient (Wildman–Crippen LogP) is 4.12. The summed E-state index contributed by atoms with van der Waals surface area (Å²) < 4.78 is 21.6. The molecule has 0 atom stereocenters. The maximum absolute atomic E-state index is 11.2. The van der Waals surface area contributed by atoms with Crippen LogP contribution in [0.5, 0.6) is 23.0 Å². The largest absolute Gasteiger partial charge is 0.497 e. The quantitative estimate of drug-likeness (QED) is 0.421. The average molecular weight is 473 g/mol. The van der Waals surface area contributed by atoms with Crippen molar-refractivity contribution >= 4 is 17.3 Å². The minimum Gasteiger partial charge on any atom is -0.497 e. The van der Waals surface area contributed by atoms with Crippen LogP contribution in [-0.4, -0.2) is 55.9 Å². The molecule has 0 spiro atoms. The number of carbonyl (C=O) groups is 1. The van der Waals surface area contributed by atoms with Crippen LogP contribution in [0.15, 0.2) is 41.8 Å². The fourth-order valence-electron chi connectivity index (χ4n) is 3.43. The first kappa shape index (κ1) is 24.3. The molecule has 33 heavy (non-hydrogen) atoms. The summed E-state index contributed by atoms with van der Waals surface area (Å²) in [4.78, 5) is 17.7. The van der Waals surface area contributed by atoms with E-state index in [1.807, 2.05) is 36.4 Å². The van der Waals surface area contributed by atoms with Gasteiger partial charge in [0, 0.05) is 30.1 Å². The highest BCUT2D eigenvalue weighted by Gasteiger charge is 2.16. The third-order valence-corrected chi connectivity index (χ3v) is 6.02. The molecule has 8 nitrogen and oxygen atoms in total. The van der Waals surface area contributed by atoms with E-state index in [2.05, 4.69) is 9.88 Å². The van der Waals surface area contributed by atoms with Gasteiger partial charge in [-0.3, -0.25) is 4.90 Å². The van der Waals surface area contributed by atoms with E-state index in [9.17, 15) is 9.90 Å². The molecular weight excluding hydrogens is 444 g/mol. The van der Waals surface area contributed by atoms with Crippen molar-refractivity contribution in [3.63, 3.8) is 0 Å². The fraction of sp³-hybridized carbons (Fsp3) is 0.333. The molecule has 9 heteroatoms. The van der Waals surface area contributed by atoms with Crippen LogP contribution in [0.3, 0.4) is 0 Å². The van der Waals surface area contributed by atoms with Gasteiger partial charge in [-0.25, -0.2) is 9.78 Å². The lowest BCUT2D eigenvalue weighted by molar-refractivity contribution is 0.0691. The summed E-state index contributed by atoms with van der Waals surface area (Å²) in [5, 5.41) is 11.5. The summed E-state index contributed by atoms with van der Waals surface area (Å²) >= 11 is 1.34. The third kappa shape index (κ3) is 6.36. The van der Waals surface area contributed by atoms with Gasteiger partial charge in [0.25, 0.3) is 0 Å². The molecule has 1 aromatic heterocycles. The molecule has 0 aliphatic rings. The van der Waals surface area contributed by atoms with Gasteiger partial charge in [0.15, 0.2) is 17.2 Å². The molecule has 0 aliphatic carbocycles. The number of ether oxygens (including phenoxy) is 4. The van der Waals surface area contributed by atoms with Gasteiger partial charge in [0.05, 0.1) is 35.0 Å². The Morgan fingerprint density at radius 3 is 2.33 bits per heavy atom. The van der Waals surface area contributed by atoms with Crippen LogP contribution in [0.4, 0.5) is 0 Å². The van der Waals surface area contributed by atoms with Crippen molar-refractivity contribution in [2.45, 2.75) is 19.5 Å². The third-order valence-electron chi connectivity index (χ3n) is 5.18. The van der Waals surface area contributed by atoms with E-state index in [4.69, 9.17) is 18.9 Å². The summed E-state index contributed by atoms with van der Waals surface area (Å²) in [5.74, 6) is 1.80. The van der Waals surface area contributed by atoms with Crippen molar-refractivity contribution < 1.29 is 28.8 Å². The highest BCUT2D eigenvalue weighted by molar-refractivity contribution is 7.09. The Labute approximate surface area is 197 Å². The van der Waals surface area contributed by atoms with Crippen LogP contribution in [0, 0.1) is 0 Å². The standard InChI is InChI=1S/C24H28N2O6S/c1-29-18-7-6-17(21(12-18)31-3)13-26(14-23-25-19(15-33-23)24(27)28)10-9-16-5-8-20(30-2)22(11-16)32-4/h5-8,11-12,15H,9-10,13-14H2,1-4H3,(H,27,28). The zero-order valence-corrected chi connectivity index (χ0v) is 20.0. The zero-order valence-electron chi connectivity index (χ0n) is 19.2. The normalized spacial score (nSPS) is 10.8. The number of carboxylic acid groups (broad SMARTS) is 1. The highest BCUT2D eigenvalue weighted by atomic mass is 32.1. The maximum Gasteiger partial charge on any atom is 0.355 e. The molecule has 0 unspecified atom stereocenters. The van der Waals surface area contributed by atoms with E-state index in [1.54, 1.807) is 33.8 Å². The molecule has 0 amide bonds. The summed E-state index contributed by atoms with van der Waals surface area (Å²) in [7, 11) is 6.48. The smallest absolute Gasteiger partial charge is 0.355 e. The second kappa shape index (κ2) is 11.5. The number of aromatic carboxylic acids is 1. The molecule has 0 fully saturated rings. The molecule has 0 bridgehead atoms. The lowest BCUT2D eigenvalue weighted by Crippen LogP contribution is -2.25. The first-order valence-electron chi connectivity index (χ1n) is 10.3. The van der Waals surface area contributed by atoms with E-state index in [0.29, 0.717) is 31.1 Å². The minimum absolute atomic E-state index is 0.0665. The van der Waals surface area contributed by atoms with Crippen molar-refractivity contribution in [1.82, 2.24) is 9.88 Å². The fourth-order valence-corrected chi connectivity index (χ4v) is 4.24. The van der Waals surface area contributed by atoms with Crippen LogP contribution in [0.25, 0.3) is 0 Å².